The SMILES string of the molecule is COc1ccc(C(=O)N[C@H](C(=O)N2CCCCC2)C2CCN(C(=O)Nc3ccc(C)cc3)CC2)cc1. The number of nitrogens with zero attached hydrogens (tertiary/aromatic N) is 2. The number of urea groups is 1. The lowest BCUT2D eigenvalue weighted by Crippen LogP contribution is -2.55. The molecular formula is C28H36N4O4. The van der Waals surface area contributed by atoms with Crippen molar-refractivity contribution in [1.29, 1.82) is 0 Å². The van der Waals surface area contributed by atoms with Crippen molar-refractivity contribution in [2.24, 2.45) is 5.92 Å². The molecule has 4 rings (SSSR count). The zero-order chi connectivity index (χ0) is 25.5. The summed E-state index contributed by atoms with van der Waals surface area (Å²) >= 11 is 0. The molecule has 2 N–H and O–H groups in total. The largest absolute Gasteiger partial charge is 0.497 e. The maximum Gasteiger partial charge on any atom is 0.321 e. The average molecular weight is 493 g/mol. The van der Waals surface area contributed by atoms with E-state index in [-0.39, 0.29) is 23.8 Å². The van der Waals surface area contributed by atoms with Gasteiger partial charge in [0, 0.05) is 37.4 Å². The van der Waals surface area contributed by atoms with E-state index in [1.165, 1.54) is 0 Å². The standard InChI is InChI=1S/C28H36N4O4/c1-20-6-10-23(11-7-20)29-28(35)32-18-14-21(15-19-32)25(27(34)31-16-4-3-5-17-31)30-26(33)22-8-12-24(36-2)13-9-22/h6-13,21,25H,3-5,14-19H2,1-2H3,(H,29,35)(H,30,33)/t25-/m0/s1. The van der Waals surface area contributed by atoms with Gasteiger partial charge in [-0.1, -0.05) is 17.7 Å². The molecule has 0 aromatic heterocycles. The molecule has 2 saturated heterocycles. The normalized spacial score (nSPS) is 17.3. The van der Waals surface area contributed by atoms with Crippen molar-refractivity contribution in [2.45, 2.75) is 45.1 Å². The van der Waals surface area contributed by atoms with Gasteiger partial charge in [0.05, 0.1) is 7.11 Å². The Bertz CT molecular complexity index is 1040. The summed E-state index contributed by atoms with van der Waals surface area (Å²) in [6.07, 6.45) is 4.40. The summed E-state index contributed by atoms with van der Waals surface area (Å²) in [5.41, 5.74) is 2.38. The summed E-state index contributed by atoms with van der Waals surface area (Å²) < 4.78 is 5.18. The van der Waals surface area contributed by atoms with E-state index in [0.717, 1.165) is 43.6 Å². The molecule has 2 heterocycles. The lowest BCUT2D eigenvalue weighted by molar-refractivity contribution is -0.136. The number of anilines is 1. The van der Waals surface area contributed by atoms with E-state index in [2.05, 4.69) is 10.6 Å². The molecule has 192 valence electrons. The van der Waals surface area contributed by atoms with Gasteiger partial charge in [-0.15, -0.1) is 0 Å². The molecule has 1 atom stereocenters. The van der Waals surface area contributed by atoms with Crippen LogP contribution in [0.25, 0.3) is 0 Å². The number of methoxy groups -OCH3 is 1. The third-order valence-corrected chi connectivity index (χ3v) is 7.17. The minimum Gasteiger partial charge on any atom is -0.497 e. The summed E-state index contributed by atoms with van der Waals surface area (Å²) in [5.74, 6) is 0.348. The number of hydrogen-bond donors (Lipinski definition) is 2. The van der Waals surface area contributed by atoms with E-state index in [9.17, 15) is 14.4 Å². The van der Waals surface area contributed by atoms with Gasteiger partial charge in [0.2, 0.25) is 5.91 Å². The topological polar surface area (TPSA) is 91.0 Å². The Labute approximate surface area is 213 Å². The summed E-state index contributed by atoms with van der Waals surface area (Å²) in [6, 6.07) is 13.8. The van der Waals surface area contributed by atoms with Gasteiger partial charge in [-0.05, 0) is 81.3 Å². The molecule has 0 radical (unpaired) electrons. The van der Waals surface area contributed by atoms with E-state index in [1.54, 1.807) is 36.3 Å². The highest BCUT2D eigenvalue weighted by Gasteiger charge is 2.36. The number of carbonyl (C=O) groups excluding carboxylic acids is 3. The maximum absolute atomic E-state index is 13.5. The number of piperidine rings is 2. The summed E-state index contributed by atoms with van der Waals surface area (Å²) in [4.78, 5) is 43.1. The van der Waals surface area contributed by atoms with Crippen LogP contribution in [0.1, 0.15) is 48.0 Å². The second-order valence-corrected chi connectivity index (χ2v) is 9.69. The fraction of sp³-hybridized carbons (Fsp3) is 0.464. The molecule has 0 spiro atoms. The van der Waals surface area contributed by atoms with Crippen molar-refractivity contribution in [2.75, 3.05) is 38.6 Å². The molecule has 2 aliphatic heterocycles. The third kappa shape index (κ3) is 6.36. The monoisotopic (exact) mass is 492 g/mol. The number of aryl methyl sites for hydroxylation is 1. The molecule has 0 bridgehead atoms. The number of benzene rings is 2. The highest BCUT2D eigenvalue weighted by molar-refractivity contribution is 5.97. The van der Waals surface area contributed by atoms with Crippen LogP contribution >= 0.6 is 0 Å². The van der Waals surface area contributed by atoms with Gasteiger partial charge in [-0.3, -0.25) is 9.59 Å². The second-order valence-electron chi connectivity index (χ2n) is 9.69. The number of rotatable bonds is 6. The van der Waals surface area contributed by atoms with Crippen molar-refractivity contribution >= 4 is 23.5 Å². The predicted molar refractivity (Wildman–Crippen MR) is 139 cm³/mol. The zero-order valence-electron chi connectivity index (χ0n) is 21.2. The van der Waals surface area contributed by atoms with Crippen LogP contribution in [0.5, 0.6) is 5.75 Å². The second kappa shape index (κ2) is 11.9. The molecule has 0 aliphatic carbocycles. The predicted octanol–water partition coefficient (Wildman–Crippen LogP) is 4.06. The van der Waals surface area contributed by atoms with Crippen LogP contribution in [-0.4, -0.2) is 67.0 Å². The molecule has 2 aromatic carbocycles. The van der Waals surface area contributed by atoms with Gasteiger partial charge < -0.3 is 25.2 Å². The zero-order valence-corrected chi connectivity index (χ0v) is 21.2. The third-order valence-electron chi connectivity index (χ3n) is 7.17. The fourth-order valence-electron chi connectivity index (χ4n) is 4.93. The lowest BCUT2D eigenvalue weighted by atomic mass is 9.88. The number of likely N-dealkylation sites (tertiary alicyclic amines) is 2. The van der Waals surface area contributed by atoms with E-state index in [1.807, 2.05) is 36.1 Å². The summed E-state index contributed by atoms with van der Waals surface area (Å²) in [5, 5.41) is 5.99. The number of amides is 4. The fourth-order valence-corrected chi connectivity index (χ4v) is 4.93. The van der Waals surface area contributed by atoms with Crippen molar-refractivity contribution in [3.63, 3.8) is 0 Å². The van der Waals surface area contributed by atoms with Crippen LogP contribution in [0, 0.1) is 12.8 Å². The average Bonchev–Trinajstić information content (AvgIpc) is 2.93. The Morgan fingerprint density at radius 3 is 2.11 bits per heavy atom. The Morgan fingerprint density at radius 2 is 1.50 bits per heavy atom. The number of nitrogens with one attached hydrogen (secondary N) is 2. The smallest absolute Gasteiger partial charge is 0.321 e. The van der Waals surface area contributed by atoms with Crippen LogP contribution in [0.4, 0.5) is 10.5 Å². The lowest BCUT2D eigenvalue weighted by Gasteiger charge is -2.38. The Kier molecular flexibility index (Phi) is 8.46. The van der Waals surface area contributed by atoms with Crippen molar-refractivity contribution < 1.29 is 19.1 Å². The first-order valence-corrected chi connectivity index (χ1v) is 12.8. The van der Waals surface area contributed by atoms with Crippen LogP contribution in [0.3, 0.4) is 0 Å². The molecular weight excluding hydrogens is 456 g/mol. The van der Waals surface area contributed by atoms with Gasteiger partial charge >= 0.3 is 6.03 Å². The minimum absolute atomic E-state index is 0.0147. The van der Waals surface area contributed by atoms with E-state index >= 15 is 0 Å². The van der Waals surface area contributed by atoms with Crippen molar-refractivity contribution in [1.82, 2.24) is 15.1 Å². The number of ether oxygens (including phenoxy) is 1. The first-order valence-electron chi connectivity index (χ1n) is 12.8. The molecule has 2 fully saturated rings. The maximum atomic E-state index is 13.5. The minimum atomic E-state index is -0.611. The molecule has 8 heteroatoms. The van der Waals surface area contributed by atoms with E-state index in [0.29, 0.717) is 37.2 Å². The Balaban J connectivity index is 1.41. The van der Waals surface area contributed by atoms with Crippen LogP contribution in [0.2, 0.25) is 0 Å². The molecule has 0 saturated carbocycles. The Hall–Kier alpha value is -3.55. The molecule has 8 nitrogen and oxygen atoms in total. The van der Waals surface area contributed by atoms with Gasteiger partial charge in [0.15, 0.2) is 0 Å². The van der Waals surface area contributed by atoms with Crippen LogP contribution in [0.15, 0.2) is 48.5 Å². The van der Waals surface area contributed by atoms with Gasteiger partial charge in [0.25, 0.3) is 5.91 Å². The van der Waals surface area contributed by atoms with E-state index in [4.69, 9.17) is 4.74 Å². The van der Waals surface area contributed by atoms with Gasteiger partial charge in [-0.2, -0.15) is 0 Å². The summed E-state index contributed by atoms with van der Waals surface area (Å²) in [7, 11) is 1.58. The molecule has 2 aromatic rings. The van der Waals surface area contributed by atoms with Crippen molar-refractivity contribution in [3.05, 3.63) is 59.7 Å². The van der Waals surface area contributed by atoms with Crippen LogP contribution < -0.4 is 15.4 Å². The highest BCUT2D eigenvalue weighted by Crippen LogP contribution is 2.25. The number of hydrogen-bond acceptors (Lipinski definition) is 4. The molecule has 36 heavy (non-hydrogen) atoms. The first kappa shape index (κ1) is 25.5. The van der Waals surface area contributed by atoms with Gasteiger partial charge in [0.1, 0.15) is 11.8 Å². The molecule has 0 unspecified atom stereocenters. The molecule has 2 aliphatic rings. The van der Waals surface area contributed by atoms with E-state index < -0.39 is 6.04 Å². The summed E-state index contributed by atoms with van der Waals surface area (Å²) in [6.45, 7) is 4.53. The molecule has 4 amide bonds. The highest BCUT2D eigenvalue weighted by atomic mass is 16.5. The van der Waals surface area contributed by atoms with Gasteiger partial charge in [-0.25, -0.2) is 4.79 Å². The quantitative estimate of drug-likeness (QED) is 0.636. The van der Waals surface area contributed by atoms with Crippen molar-refractivity contribution in [3.8, 4) is 5.75 Å². The first-order chi connectivity index (χ1) is 17.4. The Morgan fingerprint density at radius 1 is 0.861 bits per heavy atom. The number of carbonyl (C=O) groups is 3. The van der Waals surface area contributed by atoms with Crippen LogP contribution in [-0.2, 0) is 4.79 Å².